The van der Waals surface area contributed by atoms with Crippen LogP contribution < -0.4 is 5.32 Å². The van der Waals surface area contributed by atoms with Crippen molar-refractivity contribution in [2.75, 3.05) is 12.3 Å². The van der Waals surface area contributed by atoms with E-state index in [2.05, 4.69) is 5.32 Å². The minimum absolute atomic E-state index is 0.152. The summed E-state index contributed by atoms with van der Waals surface area (Å²) in [5.74, 6) is -0.555. The number of thioether (sulfide) groups is 1. The van der Waals surface area contributed by atoms with Crippen molar-refractivity contribution in [1.29, 1.82) is 0 Å². The van der Waals surface area contributed by atoms with Crippen LogP contribution in [0.4, 0.5) is 0 Å². The lowest BCUT2D eigenvalue weighted by atomic mass is 10.1. The molecule has 0 saturated carbocycles. The van der Waals surface area contributed by atoms with E-state index in [1.165, 1.54) is 11.3 Å². The number of nitrogens with one attached hydrogen (secondary N) is 1. The number of aliphatic carboxylic acids is 1. The number of thiophene rings is 1. The predicted molar refractivity (Wildman–Crippen MR) is 78.4 cm³/mol. The van der Waals surface area contributed by atoms with Gasteiger partial charge in [-0.25, -0.2) is 4.79 Å². The molecule has 1 unspecified atom stereocenters. The summed E-state index contributed by atoms with van der Waals surface area (Å²) in [7, 11) is 0. The van der Waals surface area contributed by atoms with Crippen LogP contribution in [-0.4, -0.2) is 39.6 Å². The predicted octanol–water partition coefficient (Wildman–Crippen LogP) is 1.48. The third-order valence-corrected chi connectivity index (χ3v) is 5.57. The van der Waals surface area contributed by atoms with Gasteiger partial charge in [-0.2, -0.15) is 0 Å². The molecule has 20 heavy (non-hydrogen) atoms. The van der Waals surface area contributed by atoms with E-state index in [9.17, 15) is 14.7 Å². The highest BCUT2D eigenvalue weighted by Gasteiger charge is 2.39. The van der Waals surface area contributed by atoms with Gasteiger partial charge in [-0.15, -0.1) is 23.1 Å². The zero-order chi connectivity index (χ0) is 14.1. The smallest absolute Gasteiger partial charge is 0.354 e. The van der Waals surface area contributed by atoms with E-state index >= 15 is 0 Å². The lowest BCUT2D eigenvalue weighted by Crippen LogP contribution is -2.51. The molecule has 106 valence electrons. The molecular formula is C13H14N2O3S2. The van der Waals surface area contributed by atoms with Crippen molar-refractivity contribution in [3.63, 3.8) is 0 Å². The third kappa shape index (κ3) is 2.55. The van der Waals surface area contributed by atoms with Crippen LogP contribution in [0.5, 0.6) is 0 Å². The van der Waals surface area contributed by atoms with Gasteiger partial charge in [-0.3, -0.25) is 4.79 Å². The van der Waals surface area contributed by atoms with Gasteiger partial charge in [0.1, 0.15) is 5.70 Å². The number of hydrogen-bond acceptors (Lipinski definition) is 5. The molecule has 1 aromatic rings. The maximum Gasteiger partial charge on any atom is 0.354 e. The van der Waals surface area contributed by atoms with Crippen LogP contribution in [0, 0.1) is 0 Å². The molecule has 1 atom stereocenters. The summed E-state index contributed by atoms with van der Waals surface area (Å²) in [6.07, 6.45) is 1.31. The van der Waals surface area contributed by atoms with Gasteiger partial charge in [0, 0.05) is 17.2 Å². The molecule has 0 spiro atoms. The Hall–Kier alpha value is -1.47. The van der Waals surface area contributed by atoms with E-state index in [1.54, 1.807) is 11.8 Å². The normalized spacial score (nSPS) is 21.2. The summed E-state index contributed by atoms with van der Waals surface area (Å²) >= 11 is 3.21. The molecule has 1 amide bonds. The number of carbonyl (C=O) groups excluding carboxylic acids is 1. The zero-order valence-electron chi connectivity index (χ0n) is 10.7. The first-order chi connectivity index (χ1) is 9.65. The summed E-state index contributed by atoms with van der Waals surface area (Å²) in [6.45, 7) is 0.754. The Labute approximate surface area is 124 Å². The topological polar surface area (TPSA) is 69.6 Å². The Morgan fingerprint density at radius 1 is 1.50 bits per heavy atom. The minimum atomic E-state index is -0.957. The SMILES string of the molecule is O=C(Cc1cccs1)NC1=C(C(=O)O)N2CCC2SC1. The Morgan fingerprint density at radius 3 is 2.95 bits per heavy atom. The number of rotatable bonds is 4. The van der Waals surface area contributed by atoms with E-state index in [1.807, 2.05) is 22.4 Å². The quantitative estimate of drug-likeness (QED) is 0.881. The standard InChI is InChI=1S/C13H14N2O3S2/c16-10(6-8-2-1-5-19-8)14-9-7-20-11-3-4-15(11)12(9)13(17)18/h1-2,5,11H,3-4,6-7H2,(H,14,16)(H,17,18). The summed E-state index contributed by atoms with van der Waals surface area (Å²) in [5, 5.41) is 14.3. The molecule has 0 aromatic carbocycles. The number of amides is 1. The summed E-state index contributed by atoms with van der Waals surface area (Å²) in [5.41, 5.74) is 0.791. The molecule has 5 nitrogen and oxygen atoms in total. The fourth-order valence-corrected chi connectivity index (χ4v) is 4.28. The van der Waals surface area contributed by atoms with Crippen LogP contribution in [0.1, 0.15) is 11.3 Å². The molecule has 2 aliphatic heterocycles. The van der Waals surface area contributed by atoms with Gasteiger partial charge >= 0.3 is 5.97 Å². The van der Waals surface area contributed by atoms with Gasteiger partial charge in [0.25, 0.3) is 0 Å². The van der Waals surface area contributed by atoms with Crippen molar-refractivity contribution in [3.8, 4) is 0 Å². The van der Waals surface area contributed by atoms with Crippen LogP contribution in [0.2, 0.25) is 0 Å². The fourth-order valence-electron chi connectivity index (χ4n) is 2.35. The Morgan fingerprint density at radius 2 is 2.35 bits per heavy atom. The van der Waals surface area contributed by atoms with Gasteiger partial charge in [0.15, 0.2) is 0 Å². The van der Waals surface area contributed by atoms with Gasteiger partial charge in [0.2, 0.25) is 5.91 Å². The molecule has 0 bridgehead atoms. The lowest BCUT2D eigenvalue weighted by molar-refractivity contribution is -0.135. The molecule has 3 rings (SSSR count). The highest BCUT2D eigenvalue weighted by atomic mass is 32.2. The van der Waals surface area contributed by atoms with E-state index in [0.29, 0.717) is 17.9 Å². The second-order valence-electron chi connectivity index (χ2n) is 4.68. The van der Waals surface area contributed by atoms with Crippen LogP contribution in [-0.2, 0) is 16.0 Å². The minimum Gasteiger partial charge on any atom is -0.477 e. The molecule has 2 aliphatic rings. The second kappa shape index (κ2) is 5.49. The second-order valence-corrected chi connectivity index (χ2v) is 6.88. The van der Waals surface area contributed by atoms with E-state index < -0.39 is 5.97 Å². The largest absolute Gasteiger partial charge is 0.477 e. The highest BCUT2D eigenvalue weighted by Crippen LogP contribution is 2.38. The van der Waals surface area contributed by atoms with Crippen LogP contribution in [0.3, 0.4) is 0 Å². The van der Waals surface area contributed by atoms with Crippen molar-refractivity contribution in [3.05, 3.63) is 33.8 Å². The van der Waals surface area contributed by atoms with E-state index in [4.69, 9.17) is 0 Å². The van der Waals surface area contributed by atoms with Crippen LogP contribution in [0.25, 0.3) is 0 Å². The first-order valence-corrected chi connectivity index (χ1v) is 8.25. The van der Waals surface area contributed by atoms with Gasteiger partial charge in [-0.1, -0.05) is 6.07 Å². The van der Waals surface area contributed by atoms with E-state index in [-0.39, 0.29) is 17.0 Å². The van der Waals surface area contributed by atoms with Crippen LogP contribution >= 0.6 is 23.1 Å². The summed E-state index contributed by atoms with van der Waals surface area (Å²) in [4.78, 5) is 26.2. The number of carbonyl (C=O) groups is 2. The van der Waals surface area contributed by atoms with Crippen molar-refractivity contribution >= 4 is 35.0 Å². The van der Waals surface area contributed by atoms with Gasteiger partial charge < -0.3 is 15.3 Å². The summed E-state index contributed by atoms with van der Waals surface area (Å²) in [6, 6.07) is 3.80. The van der Waals surface area contributed by atoms with Gasteiger partial charge in [-0.05, 0) is 17.9 Å². The summed E-state index contributed by atoms with van der Waals surface area (Å²) < 4.78 is 0. The lowest BCUT2D eigenvalue weighted by Gasteiger charge is -2.46. The Bertz CT molecular complexity index is 568. The first kappa shape index (κ1) is 13.5. The number of nitrogens with zero attached hydrogens (tertiary/aromatic N) is 1. The number of carboxylic acids is 1. The molecule has 7 heteroatoms. The molecule has 0 radical (unpaired) electrons. The number of carboxylic acid groups (broad SMARTS) is 1. The molecule has 3 heterocycles. The van der Waals surface area contributed by atoms with Crippen molar-refractivity contribution in [2.45, 2.75) is 18.2 Å². The Kier molecular flexibility index (Phi) is 3.71. The molecule has 1 saturated heterocycles. The maximum atomic E-state index is 12.0. The monoisotopic (exact) mass is 310 g/mol. The average Bonchev–Trinajstić information content (AvgIpc) is 2.84. The fraction of sp³-hybridized carbons (Fsp3) is 0.385. The third-order valence-electron chi connectivity index (χ3n) is 3.37. The molecule has 0 aliphatic carbocycles. The maximum absolute atomic E-state index is 12.0. The number of fused-ring (bicyclic) bond motifs is 1. The molecule has 2 N–H and O–H groups in total. The first-order valence-electron chi connectivity index (χ1n) is 6.32. The number of hydrogen-bond donors (Lipinski definition) is 2. The molecule has 1 aromatic heterocycles. The van der Waals surface area contributed by atoms with Crippen LogP contribution in [0.15, 0.2) is 28.9 Å². The van der Waals surface area contributed by atoms with Crippen molar-refractivity contribution in [1.82, 2.24) is 10.2 Å². The van der Waals surface area contributed by atoms with E-state index in [0.717, 1.165) is 17.8 Å². The van der Waals surface area contributed by atoms with Gasteiger partial charge in [0.05, 0.1) is 17.5 Å². The Balaban J connectivity index is 1.73. The molecule has 1 fully saturated rings. The average molecular weight is 310 g/mol. The van der Waals surface area contributed by atoms with Crippen molar-refractivity contribution in [2.24, 2.45) is 0 Å². The highest BCUT2D eigenvalue weighted by molar-refractivity contribution is 8.00. The zero-order valence-corrected chi connectivity index (χ0v) is 12.3. The van der Waals surface area contributed by atoms with Crippen molar-refractivity contribution < 1.29 is 14.7 Å². The molecular weight excluding hydrogens is 296 g/mol.